The zero-order valence-electron chi connectivity index (χ0n) is 17.2. The van der Waals surface area contributed by atoms with Gasteiger partial charge in [0, 0.05) is 18.8 Å². The maximum absolute atomic E-state index is 12.8. The van der Waals surface area contributed by atoms with Crippen LogP contribution >= 0.6 is 0 Å². The highest BCUT2D eigenvalue weighted by molar-refractivity contribution is 7.89. The van der Waals surface area contributed by atoms with Crippen LogP contribution in [-0.4, -0.2) is 34.1 Å². The first-order valence-corrected chi connectivity index (χ1v) is 11.1. The lowest BCUT2D eigenvalue weighted by atomic mass is 10.2. The normalized spacial score (nSPS) is 12.2. The molecule has 1 unspecified atom stereocenters. The second-order valence-electron chi connectivity index (χ2n) is 6.87. The molecule has 1 atom stereocenters. The third-order valence-electron chi connectivity index (χ3n) is 4.30. The smallest absolute Gasteiger partial charge is 0.259 e. The number of rotatable bonds is 9. The van der Waals surface area contributed by atoms with Gasteiger partial charge in [-0.15, -0.1) is 0 Å². The number of hydrogen-bond donors (Lipinski definition) is 2. The maximum Gasteiger partial charge on any atom is 0.259 e. The third-order valence-corrected chi connectivity index (χ3v) is 5.90. The zero-order chi connectivity index (χ0) is 22.3. The van der Waals surface area contributed by atoms with Crippen LogP contribution in [0.5, 0.6) is 11.5 Å². The molecule has 0 fully saturated rings. The Morgan fingerprint density at radius 3 is 2.26 bits per heavy atom. The van der Waals surface area contributed by atoms with Crippen LogP contribution in [0.4, 0.5) is 5.69 Å². The van der Waals surface area contributed by atoms with Crippen molar-refractivity contribution >= 4 is 21.6 Å². The molecule has 162 valence electrons. The van der Waals surface area contributed by atoms with Crippen LogP contribution in [0.1, 0.15) is 17.3 Å². The first-order chi connectivity index (χ1) is 14.9. The molecule has 0 radical (unpaired) electrons. The molecule has 3 aromatic carbocycles. The van der Waals surface area contributed by atoms with Gasteiger partial charge in [0.1, 0.15) is 11.5 Å². The van der Waals surface area contributed by atoms with Crippen LogP contribution in [0.15, 0.2) is 83.8 Å². The molecule has 8 heteroatoms. The molecule has 0 aliphatic carbocycles. The van der Waals surface area contributed by atoms with Crippen molar-refractivity contribution in [3.05, 3.63) is 84.4 Å². The predicted octanol–water partition coefficient (Wildman–Crippen LogP) is 4.04. The average Bonchev–Trinajstić information content (AvgIpc) is 2.75. The number of sulfonamides is 1. The molecule has 1 amide bonds. The van der Waals surface area contributed by atoms with Crippen LogP contribution in [0.25, 0.3) is 0 Å². The lowest BCUT2D eigenvalue weighted by Gasteiger charge is -2.14. The van der Waals surface area contributed by atoms with Gasteiger partial charge < -0.3 is 14.8 Å². The Balaban J connectivity index is 1.72. The Labute approximate surface area is 182 Å². The molecule has 0 aliphatic heterocycles. The molecule has 0 spiro atoms. The summed E-state index contributed by atoms with van der Waals surface area (Å²) in [4.78, 5) is 12.9. The van der Waals surface area contributed by atoms with Gasteiger partial charge in [0.2, 0.25) is 10.0 Å². The maximum atomic E-state index is 12.8. The molecule has 3 aromatic rings. The highest BCUT2D eigenvalue weighted by atomic mass is 32.2. The van der Waals surface area contributed by atoms with Crippen LogP contribution in [-0.2, 0) is 14.8 Å². The van der Waals surface area contributed by atoms with Crippen LogP contribution in [0.2, 0.25) is 0 Å². The second kappa shape index (κ2) is 10.2. The summed E-state index contributed by atoms with van der Waals surface area (Å²) in [5, 5.41) is 2.77. The van der Waals surface area contributed by atoms with E-state index in [4.69, 9.17) is 9.47 Å². The minimum Gasteiger partial charge on any atom is -0.457 e. The van der Waals surface area contributed by atoms with Crippen molar-refractivity contribution in [1.29, 1.82) is 0 Å². The zero-order valence-corrected chi connectivity index (χ0v) is 18.1. The Bertz CT molecular complexity index is 1120. The first kappa shape index (κ1) is 22.5. The first-order valence-electron chi connectivity index (χ1n) is 9.63. The van der Waals surface area contributed by atoms with Gasteiger partial charge in [0.15, 0.2) is 0 Å². The van der Waals surface area contributed by atoms with Gasteiger partial charge in [-0.05, 0) is 55.5 Å². The van der Waals surface area contributed by atoms with Crippen molar-refractivity contribution in [2.45, 2.75) is 17.9 Å². The Morgan fingerprint density at radius 1 is 0.935 bits per heavy atom. The van der Waals surface area contributed by atoms with Crippen molar-refractivity contribution in [2.24, 2.45) is 0 Å². The molecular weight excluding hydrogens is 416 g/mol. The van der Waals surface area contributed by atoms with Crippen molar-refractivity contribution < 1.29 is 22.7 Å². The van der Waals surface area contributed by atoms with Gasteiger partial charge in [-0.3, -0.25) is 4.79 Å². The molecule has 0 bridgehead atoms. The summed E-state index contributed by atoms with van der Waals surface area (Å²) in [6, 6.07) is 21.6. The largest absolute Gasteiger partial charge is 0.457 e. The second-order valence-corrected chi connectivity index (χ2v) is 8.58. The quantitative estimate of drug-likeness (QED) is 0.524. The van der Waals surface area contributed by atoms with E-state index in [2.05, 4.69) is 10.0 Å². The van der Waals surface area contributed by atoms with Crippen LogP contribution in [0.3, 0.4) is 0 Å². The van der Waals surface area contributed by atoms with E-state index in [0.717, 1.165) is 0 Å². The minimum absolute atomic E-state index is 0.0984. The molecular formula is C23H24N2O5S. The molecule has 2 N–H and O–H groups in total. The van der Waals surface area contributed by atoms with Crippen molar-refractivity contribution in [1.82, 2.24) is 4.72 Å². The summed E-state index contributed by atoms with van der Waals surface area (Å²) in [5.74, 6) is 0.670. The number of para-hydroxylation sites is 2. The number of hydrogen-bond acceptors (Lipinski definition) is 5. The van der Waals surface area contributed by atoms with Gasteiger partial charge in [-0.1, -0.05) is 30.3 Å². The van der Waals surface area contributed by atoms with Gasteiger partial charge in [-0.2, -0.15) is 0 Å². The van der Waals surface area contributed by atoms with Crippen LogP contribution in [0, 0.1) is 0 Å². The van der Waals surface area contributed by atoms with E-state index in [-0.39, 0.29) is 23.5 Å². The van der Waals surface area contributed by atoms with Crippen LogP contribution < -0.4 is 14.8 Å². The average molecular weight is 441 g/mol. The topological polar surface area (TPSA) is 93.7 Å². The van der Waals surface area contributed by atoms with Gasteiger partial charge in [0.05, 0.1) is 17.1 Å². The number of ether oxygens (including phenoxy) is 2. The summed E-state index contributed by atoms with van der Waals surface area (Å²) in [6.45, 7) is 1.97. The fourth-order valence-electron chi connectivity index (χ4n) is 2.89. The lowest BCUT2D eigenvalue weighted by Crippen LogP contribution is -2.35. The molecule has 0 saturated carbocycles. The fraction of sp³-hybridized carbons (Fsp3) is 0.174. The lowest BCUT2D eigenvalue weighted by molar-refractivity contribution is 0.102. The highest BCUT2D eigenvalue weighted by Crippen LogP contribution is 2.26. The molecule has 31 heavy (non-hydrogen) atoms. The van der Waals surface area contributed by atoms with E-state index >= 15 is 0 Å². The highest BCUT2D eigenvalue weighted by Gasteiger charge is 2.18. The van der Waals surface area contributed by atoms with E-state index in [1.807, 2.05) is 18.2 Å². The molecule has 7 nitrogen and oxygen atoms in total. The summed E-state index contributed by atoms with van der Waals surface area (Å²) in [5.41, 5.74) is 0.821. The Hall–Kier alpha value is -3.20. The number of nitrogens with one attached hydrogen (secondary N) is 2. The summed E-state index contributed by atoms with van der Waals surface area (Å²) in [6.07, 6.45) is 0. The van der Waals surface area contributed by atoms with Gasteiger partial charge in [0.25, 0.3) is 5.91 Å². The van der Waals surface area contributed by atoms with Gasteiger partial charge in [-0.25, -0.2) is 13.1 Å². The summed E-state index contributed by atoms with van der Waals surface area (Å²) in [7, 11) is -2.18. The molecule has 0 aliphatic rings. The van der Waals surface area contributed by atoms with Gasteiger partial charge >= 0.3 is 0 Å². The van der Waals surface area contributed by atoms with E-state index in [9.17, 15) is 13.2 Å². The SMILES string of the molecule is COCC(C)NS(=O)(=O)c1ccc(NC(=O)c2ccccc2Oc2ccccc2)cc1. The molecule has 0 saturated heterocycles. The Morgan fingerprint density at radius 2 is 1.58 bits per heavy atom. The molecule has 0 aromatic heterocycles. The summed E-state index contributed by atoms with van der Waals surface area (Å²) >= 11 is 0. The molecule has 3 rings (SSSR count). The number of carbonyl (C=O) groups is 1. The number of methoxy groups -OCH3 is 1. The predicted molar refractivity (Wildman–Crippen MR) is 119 cm³/mol. The van der Waals surface area contributed by atoms with E-state index in [0.29, 0.717) is 22.7 Å². The van der Waals surface area contributed by atoms with E-state index < -0.39 is 10.0 Å². The number of anilines is 1. The molecule has 0 heterocycles. The Kier molecular flexibility index (Phi) is 7.41. The third kappa shape index (κ3) is 6.14. The number of amides is 1. The monoisotopic (exact) mass is 440 g/mol. The number of carbonyl (C=O) groups excluding carboxylic acids is 1. The van der Waals surface area contributed by atoms with Crippen molar-refractivity contribution in [3.8, 4) is 11.5 Å². The van der Waals surface area contributed by atoms with Crippen molar-refractivity contribution in [2.75, 3.05) is 19.0 Å². The van der Waals surface area contributed by atoms with E-state index in [1.54, 1.807) is 43.3 Å². The minimum atomic E-state index is -3.68. The summed E-state index contributed by atoms with van der Waals surface area (Å²) < 4.78 is 38.2. The van der Waals surface area contributed by atoms with E-state index in [1.165, 1.54) is 31.4 Å². The number of benzene rings is 3. The fourth-order valence-corrected chi connectivity index (χ4v) is 4.12. The van der Waals surface area contributed by atoms with Crippen molar-refractivity contribution in [3.63, 3.8) is 0 Å². The standard InChI is InChI=1S/C23H24N2O5S/c1-17(16-29-2)25-31(27,28)20-14-12-18(13-15-20)24-23(26)21-10-6-7-11-22(21)30-19-8-4-3-5-9-19/h3-15,17,25H,16H2,1-2H3,(H,24,26).